The molecule has 0 aliphatic carbocycles. The van der Waals surface area contributed by atoms with Crippen molar-refractivity contribution in [3.8, 4) is 0 Å². The molecule has 1 unspecified atom stereocenters. The Labute approximate surface area is 174 Å². The number of anilines is 1. The fourth-order valence-electron chi connectivity index (χ4n) is 3.38. The van der Waals surface area contributed by atoms with Crippen LogP contribution in [0.5, 0.6) is 0 Å². The second-order valence-corrected chi connectivity index (χ2v) is 6.88. The molecule has 0 saturated heterocycles. The smallest absolute Gasteiger partial charge is 0.322 e. The predicted molar refractivity (Wildman–Crippen MR) is 114 cm³/mol. The monoisotopic (exact) mass is 412 g/mol. The van der Waals surface area contributed by atoms with Crippen LogP contribution in [0.15, 0.2) is 53.3 Å². The van der Waals surface area contributed by atoms with Gasteiger partial charge in [-0.1, -0.05) is 31.2 Å². The standard InChI is InChI=1S/C22H25FN4O3/c1-4-19(26(2)22(29)25-18-12-8-6-10-16(18)23)20-24-17-11-7-5-9-15(17)21(28)27(20)13-14-30-3/h5-12,19H,4,13-14H2,1-3H3,(H,25,29). The van der Waals surface area contributed by atoms with Gasteiger partial charge in [-0.05, 0) is 30.7 Å². The summed E-state index contributed by atoms with van der Waals surface area (Å²) in [6.45, 7) is 2.54. The Morgan fingerprint density at radius 3 is 2.63 bits per heavy atom. The van der Waals surface area contributed by atoms with Crippen molar-refractivity contribution in [1.29, 1.82) is 0 Å². The number of para-hydroxylation sites is 2. The summed E-state index contributed by atoms with van der Waals surface area (Å²) in [4.78, 5) is 32.1. The molecular weight excluding hydrogens is 387 g/mol. The van der Waals surface area contributed by atoms with Gasteiger partial charge >= 0.3 is 6.03 Å². The third-order valence-corrected chi connectivity index (χ3v) is 5.00. The first kappa shape index (κ1) is 21.4. The Hall–Kier alpha value is -3.26. The van der Waals surface area contributed by atoms with Crippen LogP contribution in [0.2, 0.25) is 0 Å². The van der Waals surface area contributed by atoms with Gasteiger partial charge in [0.25, 0.3) is 5.56 Å². The maximum absolute atomic E-state index is 13.9. The van der Waals surface area contributed by atoms with Crippen LogP contribution in [0.3, 0.4) is 0 Å². The lowest BCUT2D eigenvalue weighted by atomic mass is 10.1. The number of hydrogen-bond donors (Lipinski definition) is 1. The highest BCUT2D eigenvalue weighted by molar-refractivity contribution is 5.89. The number of ether oxygens (including phenoxy) is 1. The van der Waals surface area contributed by atoms with Crippen LogP contribution in [0.1, 0.15) is 25.2 Å². The Balaban J connectivity index is 2.01. The van der Waals surface area contributed by atoms with Gasteiger partial charge in [0.05, 0.1) is 35.8 Å². The number of amides is 2. The number of urea groups is 1. The zero-order valence-electron chi connectivity index (χ0n) is 17.3. The van der Waals surface area contributed by atoms with E-state index in [2.05, 4.69) is 5.32 Å². The maximum Gasteiger partial charge on any atom is 0.322 e. The molecule has 2 aromatic carbocycles. The Bertz CT molecular complexity index is 1100. The van der Waals surface area contributed by atoms with E-state index in [0.717, 1.165) is 0 Å². The molecule has 2 amide bonds. The summed E-state index contributed by atoms with van der Waals surface area (Å²) < 4.78 is 20.7. The molecule has 30 heavy (non-hydrogen) atoms. The number of hydrogen-bond acceptors (Lipinski definition) is 4. The molecule has 1 atom stereocenters. The fraction of sp³-hybridized carbons (Fsp3) is 0.318. The van der Waals surface area contributed by atoms with Crippen molar-refractivity contribution < 1.29 is 13.9 Å². The Kier molecular flexibility index (Phi) is 6.79. The highest BCUT2D eigenvalue weighted by atomic mass is 19.1. The summed E-state index contributed by atoms with van der Waals surface area (Å²) in [5.74, 6) is -0.0578. The third kappa shape index (κ3) is 4.33. The number of fused-ring (bicyclic) bond motifs is 1. The van der Waals surface area contributed by atoms with Crippen molar-refractivity contribution >= 4 is 22.6 Å². The normalized spacial score (nSPS) is 12.0. The van der Waals surface area contributed by atoms with E-state index < -0.39 is 17.9 Å². The first-order chi connectivity index (χ1) is 14.5. The van der Waals surface area contributed by atoms with Crippen molar-refractivity contribution in [3.05, 3.63) is 70.5 Å². The molecule has 7 nitrogen and oxygen atoms in total. The number of nitrogens with zero attached hydrogens (tertiary/aromatic N) is 3. The van der Waals surface area contributed by atoms with Crippen molar-refractivity contribution in [2.24, 2.45) is 0 Å². The molecule has 0 aliphatic rings. The van der Waals surface area contributed by atoms with Crippen LogP contribution in [-0.2, 0) is 11.3 Å². The summed E-state index contributed by atoms with van der Waals surface area (Å²) in [7, 11) is 3.16. The van der Waals surface area contributed by atoms with Gasteiger partial charge in [-0.15, -0.1) is 0 Å². The van der Waals surface area contributed by atoms with Gasteiger partial charge in [0.15, 0.2) is 0 Å². The van der Waals surface area contributed by atoms with Gasteiger partial charge in [-0.2, -0.15) is 0 Å². The van der Waals surface area contributed by atoms with Crippen molar-refractivity contribution in [2.45, 2.75) is 25.9 Å². The Morgan fingerprint density at radius 2 is 1.93 bits per heavy atom. The van der Waals surface area contributed by atoms with E-state index in [4.69, 9.17) is 9.72 Å². The minimum absolute atomic E-state index is 0.0902. The molecular formula is C22H25FN4O3. The molecule has 0 radical (unpaired) electrons. The molecule has 158 valence electrons. The minimum atomic E-state index is -0.520. The third-order valence-electron chi connectivity index (χ3n) is 5.00. The van der Waals surface area contributed by atoms with Crippen LogP contribution < -0.4 is 10.9 Å². The molecule has 0 spiro atoms. The van der Waals surface area contributed by atoms with E-state index in [1.165, 1.54) is 17.0 Å². The van der Waals surface area contributed by atoms with Gasteiger partial charge in [0.1, 0.15) is 11.6 Å². The molecule has 3 rings (SSSR count). The molecule has 1 aromatic heterocycles. The summed E-state index contributed by atoms with van der Waals surface area (Å²) in [6.07, 6.45) is 0.513. The van der Waals surface area contributed by atoms with E-state index >= 15 is 0 Å². The number of benzene rings is 2. The SMILES string of the molecule is CCC(c1nc2ccccc2c(=O)n1CCOC)N(C)C(=O)Nc1ccccc1F. The second-order valence-electron chi connectivity index (χ2n) is 6.88. The summed E-state index contributed by atoms with van der Waals surface area (Å²) in [6, 6.07) is 12.1. The van der Waals surface area contributed by atoms with E-state index in [-0.39, 0.29) is 11.2 Å². The van der Waals surface area contributed by atoms with E-state index in [1.54, 1.807) is 49.1 Å². The van der Waals surface area contributed by atoms with Crippen molar-refractivity contribution in [2.75, 3.05) is 26.1 Å². The van der Waals surface area contributed by atoms with Crippen LogP contribution in [0, 0.1) is 5.82 Å². The Morgan fingerprint density at radius 1 is 1.23 bits per heavy atom. The molecule has 0 saturated carbocycles. The fourth-order valence-corrected chi connectivity index (χ4v) is 3.38. The summed E-state index contributed by atoms with van der Waals surface area (Å²) in [5, 5.41) is 3.09. The number of aromatic nitrogens is 2. The van der Waals surface area contributed by atoms with Crippen LogP contribution in [0.4, 0.5) is 14.9 Å². The zero-order valence-corrected chi connectivity index (χ0v) is 17.3. The number of rotatable bonds is 7. The lowest BCUT2D eigenvalue weighted by Crippen LogP contribution is -2.39. The van der Waals surface area contributed by atoms with Crippen LogP contribution in [0.25, 0.3) is 10.9 Å². The first-order valence-corrected chi connectivity index (χ1v) is 9.74. The lowest BCUT2D eigenvalue weighted by molar-refractivity contribution is 0.177. The molecule has 0 aliphatic heterocycles. The first-order valence-electron chi connectivity index (χ1n) is 9.74. The highest BCUT2D eigenvalue weighted by Crippen LogP contribution is 2.24. The number of halogens is 1. The van der Waals surface area contributed by atoms with Crippen molar-refractivity contribution in [3.63, 3.8) is 0 Å². The molecule has 3 aromatic rings. The maximum atomic E-state index is 13.9. The van der Waals surface area contributed by atoms with E-state index in [0.29, 0.717) is 36.3 Å². The molecule has 1 N–H and O–H groups in total. The lowest BCUT2D eigenvalue weighted by Gasteiger charge is -2.29. The van der Waals surface area contributed by atoms with Gasteiger partial charge < -0.3 is 15.0 Å². The number of nitrogens with one attached hydrogen (secondary N) is 1. The largest absolute Gasteiger partial charge is 0.383 e. The molecule has 1 heterocycles. The van der Waals surface area contributed by atoms with Gasteiger partial charge in [-0.25, -0.2) is 14.2 Å². The zero-order chi connectivity index (χ0) is 21.7. The molecule has 8 heteroatoms. The van der Waals surface area contributed by atoms with Gasteiger partial charge in [0.2, 0.25) is 0 Å². The van der Waals surface area contributed by atoms with Gasteiger partial charge in [-0.3, -0.25) is 9.36 Å². The van der Waals surface area contributed by atoms with Crippen molar-refractivity contribution in [1.82, 2.24) is 14.5 Å². The summed E-state index contributed by atoms with van der Waals surface area (Å²) >= 11 is 0. The topological polar surface area (TPSA) is 76.5 Å². The van der Waals surface area contributed by atoms with E-state index in [9.17, 15) is 14.0 Å². The number of methoxy groups -OCH3 is 1. The predicted octanol–water partition coefficient (Wildman–Crippen LogP) is 3.80. The minimum Gasteiger partial charge on any atom is -0.383 e. The van der Waals surface area contributed by atoms with Crippen LogP contribution in [-0.4, -0.2) is 41.2 Å². The van der Waals surface area contributed by atoms with Gasteiger partial charge in [0, 0.05) is 14.2 Å². The highest BCUT2D eigenvalue weighted by Gasteiger charge is 2.26. The van der Waals surface area contributed by atoms with E-state index in [1.807, 2.05) is 13.0 Å². The average Bonchev–Trinajstić information content (AvgIpc) is 2.75. The number of carbonyl (C=O) groups is 1. The van der Waals surface area contributed by atoms with Crippen LogP contribution >= 0.6 is 0 Å². The second kappa shape index (κ2) is 9.49. The quantitative estimate of drug-likeness (QED) is 0.640. The number of carbonyl (C=O) groups excluding carboxylic acids is 1. The summed E-state index contributed by atoms with van der Waals surface area (Å²) in [5.41, 5.74) is 0.467. The molecule has 0 bridgehead atoms. The average molecular weight is 412 g/mol. The molecule has 0 fully saturated rings.